The second kappa shape index (κ2) is 15.0. The van der Waals surface area contributed by atoms with Crippen molar-refractivity contribution < 1.29 is 15.3 Å². The molecule has 0 spiro atoms. The van der Waals surface area contributed by atoms with Crippen molar-refractivity contribution in [3.8, 4) is 56.7 Å². The number of para-hydroxylation sites is 1. The average Bonchev–Trinajstić information content (AvgIpc) is 3.14. The minimum Gasteiger partial charge on any atom is -0.507 e. The summed E-state index contributed by atoms with van der Waals surface area (Å²) >= 11 is 0. The first-order chi connectivity index (χ1) is 24.3. The quantitative estimate of drug-likeness (QED) is 0.129. The van der Waals surface area contributed by atoms with Crippen LogP contribution in [0.25, 0.3) is 65.7 Å². The zero-order valence-electron chi connectivity index (χ0n) is 28.5. The summed E-state index contributed by atoms with van der Waals surface area (Å²) in [7, 11) is 0. The summed E-state index contributed by atoms with van der Waals surface area (Å²) in [6.07, 6.45) is 0. The Balaban J connectivity index is 0.000000222. The van der Waals surface area contributed by atoms with E-state index in [1.807, 2.05) is 91.0 Å². The van der Waals surface area contributed by atoms with Crippen LogP contribution in [-0.4, -0.2) is 38.3 Å². The van der Waals surface area contributed by atoms with Gasteiger partial charge in [-0.2, -0.15) is 0 Å². The number of aromatic hydroxyl groups is 2. The molecule has 4 heteroatoms. The molecule has 8 rings (SSSR count). The van der Waals surface area contributed by atoms with Gasteiger partial charge in [0, 0.05) is 45.2 Å². The van der Waals surface area contributed by atoms with E-state index >= 15 is 0 Å². The van der Waals surface area contributed by atoms with E-state index in [9.17, 15) is 15.3 Å². The number of aliphatic hydroxyl groups is 1. The van der Waals surface area contributed by atoms with Gasteiger partial charge in [-0.15, -0.1) is 0 Å². The van der Waals surface area contributed by atoms with Gasteiger partial charge >= 0.3 is 0 Å². The fraction of sp³-hybridized carbons (Fsp3) is 0.0638. The molecule has 3 nitrogen and oxygen atoms in total. The van der Waals surface area contributed by atoms with Crippen LogP contribution in [0.15, 0.2) is 164 Å². The number of phenols is 2. The Labute approximate surface area is 309 Å². The van der Waals surface area contributed by atoms with Crippen LogP contribution in [0.5, 0.6) is 11.5 Å². The van der Waals surface area contributed by atoms with E-state index in [2.05, 4.69) is 72.5 Å². The number of hydrogen-bond donors (Lipinski definition) is 3. The molecule has 0 atom stereocenters. The summed E-state index contributed by atoms with van der Waals surface area (Å²) in [5.41, 5.74) is 5.09. The third-order valence-corrected chi connectivity index (χ3v) is 8.74. The molecule has 51 heavy (non-hydrogen) atoms. The van der Waals surface area contributed by atoms with Gasteiger partial charge in [-0.25, -0.2) is 0 Å². The molecule has 3 radical (unpaired) electrons. The van der Waals surface area contributed by atoms with E-state index in [0.29, 0.717) is 11.1 Å². The van der Waals surface area contributed by atoms with Crippen molar-refractivity contribution in [2.24, 2.45) is 0 Å². The van der Waals surface area contributed by atoms with Gasteiger partial charge in [-0.3, -0.25) is 0 Å². The fourth-order valence-corrected chi connectivity index (χ4v) is 6.39. The van der Waals surface area contributed by atoms with Gasteiger partial charge in [-0.05, 0) is 81.6 Å². The van der Waals surface area contributed by atoms with Crippen LogP contribution in [0, 0.1) is 11.8 Å². The Kier molecular flexibility index (Phi) is 10.3. The smallest absolute Gasteiger partial charge is 0.132 e. The molecule has 0 heterocycles. The molecule has 0 fully saturated rings. The highest BCUT2D eigenvalue weighted by molar-refractivity contribution is 6.14. The Bertz CT molecular complexity index is 2560. The highest BCUT2D eigenvalue weighted by Gasteiger charge is 2.22. The summed E-state index contributed by atoms with van der Waals surface area (Å²) in [6, 6.07) is 54.2. The molecule has 8 aromatic rings. The van der Waals surface area contributed by atoms with Crippen LogP contribution in [-0.2, 0) is 0 Å². The molecule has 3 N–H and O–H groups in total. The summed E-state index contributed by atoms with van der Waals surface area (Å²) < 4.78 is 0. The van der Waals surface area contributed by atoms with Crippen molar-refractivity contribution in [3.63, 3.8) is 0 Å². The van der Waals surface area contributed by atoms with Crippen LogP contribution < -0.4 is 0 Å². The van der Waals surface area contributed by atoms with Crippen LogP contribution in [0.3, 0.4) is 0 Å². The van der Waals surface area contributed by atoms with E-state index in [1.165, 1.54) is 10.8 Å². The van der Waals surface area contributed by atoms with Gasteiger partial charge in [0.15, 0.2) is 0 Å². The van der Waals surface area contributed by atoms with Crippen molar-refractivity contribution in [2.75, 3.05) is 0 Å². The normalized spacial score (nSPS) is 10.9. The Hall–Kier alpha value is -5.81. The van der Waals surface area contributed by atoms with Crippen molar-refractivity contribution in [1.29, 1.82) is 0 Å². The fourth-order valence-electron chi connectivity index (χ4n) is 6.39. The average molecular weight is 676 g/mol. The number of phenolic OH excluding ortho intramolecular Hbond substituents is 2. The first-order valence-electron chi connectivity index (χ1n) is 16.6. The SMILES string of the molecule is CC(C)(O)C#Cc1ccc2ccccc2c1.Oc1ccccc1-c1cc2ccccc2c(-c2c(-c3ccccc3)ccc3ccccc23)c1O.[Al]. The lowest BCUT2D eigenvalue weighted by Gasteiger charge is -2.20. The number of hydrogen-bond acceptors (Lipinski definition) is 3. The van der Waals surface area contributed by atoms with Gasteiger partial charge in [0.25, 0.3) is 0 Å². The van der Waals surface area contributed by atoms with E-state index in [4.69, 9.17) is 0 Å². The highest BCUT2D eigenvalue weighted by atomic mass is 27.0. The monoisotopic (exact) mass is 675 g/mol. The lowest BCUT2D eigenvalue weighted by molar-refractivity contribution is 0.143. The molecule has 0 saturated carbocycles. The Morgan fingerprint density at radius 3 is 1.75 bits per heavy atom. The van der Waals surface area contributed by atoms with E-state index in [1.54, 1.807) is 26.0 Å². The second-order valence-electron chi connectivity index (χ2n) is 12.8. The summed E-state index contributed by atoms with van der Waals surface area (Å²) in [6.45, 7) is 3.36. The number of fused-ring (bicyclic) bond motifs is 3. The van der Waals surface area contributed by atoms with Gasteiger partial charge in [0.1, 0.15) is 17.1 Å². The maximum Gasteiger partial charge on any atom is 0.132 e. The summed E-state index contributed by atoms with van der Waals surface area (Å²) in [5.74, 6) is 6.09. The molecule has 0 amide bonds. The molecule has 0 unspecified atom stereocenters. The summed E-state index contributed by atoms with van der Waals surface area (Å²) in [5, 5.41) is 38.5. The molecule has 0 aliphatic heterocycles. The molecule has 245 valence electrons. The predicted octanol–water partition coefficient (Wildman–Crippen LogP) is 11.0. The van der Waals surface area contributed by atoms with Crippen molar-refractivity contribution in [2.45, 2.75) is 19.4 Å². The lowest BCUT2D eigenvalue weighted by atomic mass is 9.85. The van der Waals surface area contributed by atoms with Gasteiger partial charge in [0.2, 0.25) is 0 Å². The maximum absolute atomic E-state index is 11.8. The van der Waals surface area contributed by atoms with Crippen molar-refractivity contribution in [3.05, 3.63) is 169 Å². The minimum atomic E-state index is -0.939. The van der Waals surface area contributed by atoms with Crippen LogP contribution in [0.4, 0.5) is 0 Å². The predicted molar refractivity (Wildman–Crippen MR) is 214 cm³/mol. The van der Waals surface area contributed by atoms with Gasteiger partial charge < -0.3 is 15.3 Å². The van der Waals surface area contributed by atoms with Crippen LogP contribution >= 0.6 is 0 Å². The Morgan fingerprint density at radius 2 is 1.04 bits per heavy atom. The largest absolute Gasteiger partial charge is 0.507 e. The molecular formula is C47H36AlO3. The molecule has 0 aromatic heterocycles. The minimum absolute atomic E-state index is 0. The van der Waals surface area contributed by atoms with Gasteiger partial charge in [0.05, 0.1) is 0 Å². The number of rotatable bonds is 3. The van der Waals surface area contributed by atoms with Crippen molar-refractivity contribution in [1.82, 2.24) is 0 Å². The molecule has 8 aromatic carbocycles. The van der Waals surface area contributed by atoms with Crippen molar-refractivity contribution >= 4 is 49.7 Å². The summed E-state index contributed by atoms with van der Waals surface area (Å²) in [4.78, 5) is 0. The van der Waals surface area contributed by atoms with E-state index in [0.717, 1.165) is 49.4 Å². The van der Waals surface area contributed by atoms with Crippen LogP contribution in [0.2, 0.25) is 0 Å². The third kappa shape index (κ3) is 7.53. The highest BCUT2D eigenvalue weighted by Crippen LogP contribution is 2.50. The Morgan fingerprint density at radius 1 is 0.471 bits per heavy atom. The second-order valence-corrected chi connectivity index (χ2v) is 12.8. The van der Waals surface area contributed by atoms with E-state index in [-0.39, 0.29) is 28.9 Å². The zero-order valence-corrected chi connectivity index (χ0v) is 29.7. The molecule has 0 saturated heterocycles. The van der Waals surface area contributed by atoms with E-state index < -0.39 is 5.60 Å². The van der Waals surface area contributed by atoms with Gasteiger partial charge in [-0.1, -0.05) is 151 Å². The third-order valence-electron chi connectivity index (χ3n) is 8.74. The molecule has 0 aliphatic rings. The lowest BCUT2D eigenvalue weighted by Crippen LogP contribution is -2.14. The zero-order chi connectivity index (χ0) is 34.7. The molecular weight excluding hydrogens is 639 g/mol. The number of benzene rings is 8. The molecule has 0 bridgehead atoms. The molecule has 0 aliphatic carbocycles. The first kappa shape index (κ1) is 35.0. The van der Waals surface area contributed by atoms with Crippen LogP contribution in [0.1, 0.15) is 19.4 Å². The topological polar surface area (TPSA) is 60.7 Å². The first-order valence-corrected chi connectivity index (χ1v) is 16.6. The standard InChI is InChI=1S/C32H22O2.C15H14O.Al/c33-29-17-9-8-16-27(29)28-20-23-13-5-7-15-25(23)31(32(28)34)30-24-14-6-4-12-22(24)18-19-26(30)21-10-2-1-3-11-21;1-15(2,16)10-9-12-7-8-13-5-3-4-6-14(13)11-12;/h1-20,33-34H;3-8,11,16H,1-2H3;. The maximum atomic E-state index is 11.8.